The van der Waals surface area contributed by atoms with E-state index in [0.717, 1.165) is 29.0 Å². The second-order valence-electron chi connectivity index (χ2n) is 4.84. The molecule has 0 amide bonds. The number of nitrogens with zero attached hydrogens (tertiary/aromatic N) is 1. The summed E-state index contributed by atoms with van der Waals surface area (Å²) in [6, 6.07) is 14.1. The van der Waals surface area contributed by atoms with E-state index in [1.54, 1.807) is 7.11 Å². The van der Waals surface area contributed by atoms with Gasteiger partial charge in [0.25, 0.3) is 0 Å². The summed E-state index contributed by atoms with van der Waals surface area (Å²) in [4.78, 5) is 2.24. The van der Waals surface area contributed by atoms with E-state index in [1.807, 2.05) is 24.3 Å². The number of ether oxygens (including phenoxy) is 1. The highest BCUT2D eigenvalue weighted by atomic mass is 79.9. The number of anilines is 1. The molecule has 0 heterocycles. The molecular formula is C16H19BrN2O. The number of hydrogen-bond acceptors (Lipinski definition) is 3. The third-order valence-electron chi connectivity index (χ3n) is 3.14. The summed E-state index contributed by atoms with van der Waals surface area (Å²) in [5.74, 6) is 0.890. The summed E-state index contributed by atoms with van der Waals surface area (Å²) in [6.45, 7) is 1.70. The van der Waals surface area contributed by atoms with Crippen LogP contribution < -0.4 is 10.5 Å². The minimum absolute atomic E-state index is 0.775. The van der Waals surface area contributed by atoms with Gasteiger partial charge in [-0.25, -0.2) is 0 Å². The average molecular weight is 335 g/mol. The number of halogens is 1. The van der Waals surface area contributed by atoms with Crippen molar-refractivity contribution in [2.45, 2.75) is 13.1 Å². The smallest absolute Gasteiger partial charge is 0.119 e. The van der Waals surface area contributed by atoms with Crippen LogP contribution in [0.25, 0.3) is 0 Å². The topological polar surface area (TPSA) is 38.5 Å². The van der Waals surface area contributed by atoms with E-state index in [-0.39, 0.29) is 0 Å². The number of hydrogen-bond donors (Lipinski definition) is 1. The Morgan fingerprint density at radius 2 is 1.90 bits per heavy atom. The van der Waals surface area contributed by atoms with E-state index in [0.29, 0.717) is 0 Å². The molecule has 3 nitrogen and oxygen atoms in total. The number of nitrogen functional groups attached to an aromatic ring is 1. The molecule has 0 saturated heterocycles. The zero-order valence-corrected chi connectivity index (χ0v) is 13.4. The molecule has 4 heteroatoms. The maximum atomic E-state index is 5.90. The molecule has 0 aliphatic carbocycles. The fourth-order valence-electron chi connectivity index (χ4n) is 2.15. The summed E-state index contributed by atoms with van der Waals surface area (Å²) in [5.41, 5.74) is 9.10. The molecule has 0 spiro atoms. The fraction of sp³-hybridized carbons (Fsp3) is 0.250. The number of benzene rings is 2. The number of methoxy groups -OCH3 is 1. The third kappa shape index (κ3) is 3.74. The molecule has 2 aromatic rings. The van der Waals surface area contributed by atoms with Crippen LogP contribution in [0.1, 0.15) is 11.1 Å². The van der Waals surface area contributed by atoms with Gasteiger partial charge in [0.2, 0.25) is 0 Å². The number of rotatable bonds is 5. The summed E-state index contributed by atoms with van der Waals surface area (Å²) in [7, 11) is 3.78. The Labute approximate surface area is 128 Å². The minimum Gasteiger partial charge on any atom is -0.497 e. The van der Waals surface area contributed by atoms with E-state index in [4.69, 9.17) is 10.5 Å². The first-order valence-electron chi connectivity index (χ1n) is 6.44. The molecular weight excluding hydrogens is 316 g/mol. The molecule has 2 N–H and O–H groups in total. The van der Waals surface area contributed by atoms with Crippen LogP contribution in [-0.2, 0) is 13.1 Å². The SMILES string of the molecule is COc1cccc(CN(C)Cc2cccc(N)c2Br)c1. The Morgan fingerprint density at radius 3 is 2.65 bits per heavy atom. The lowest BCUT2D eigenvalue weighted by molar-refractivity contribution is 0.317. The first-order chi connectivity index (χ1) is 9.60. The molecule has 0 unspecified atom stereocenters. The van der Waals surface area contributed by atoms with Crippen LogP contribution in [0, 0.1) is 0 Å². The van der Waals surface area contributed by atoms with Gasteiger partial charge >= 0.3 is 0 Å². The molecule has 2 rings (SSSR count). The lowest BCUT2D eigenvalue weighted by atomic mass is 10.1. The second kappa shape index (κ2) is 6.77. The average Bonchev–Trinajstić information content (AvgIpc) is 2.44. The van der Waals surface area contributed by atoms with Gasteiger partial charge in [-0.3, -0.25) is 4.90 Å². The lowest BCUT2D eigenvalue weighted by Gasteiger charge is -2.18. The molecule has 0 aliphatic rings. The van der Waals surface area contributed by atoms with Crippen molar-refractivity contribution in [2.75, 3.05) is 19.9 Å². The fourth-order valence-corrected chi connectivity index (χ4v) is 2.54. The van der Waals surface area contributed by atoms with Gasteiger partial charge in [0, 0.05) is 23.2 Å². The molecule has 0 aromatic heterocycles. The highest BCUT2D eigenvalue weighted by Gasteiger charge is 2.07. The second-order valence-corrected chi connectivity index (χ2v) is 5.64. The van der Waals surface area contributed by atoms with Crippen molar-refractivity contribution in [3.63, 3.8) is 0 Å². The Kier molecular flexibility index (Phi) is 5.04. The van der Waals surface area contributed by atoms with Crippen molar-refractivity contribution in [2.24, 2.45) is 0 Å². The van der Waals surface area contributed by atoms with E-state index >= 15 is 0 Å². The normalized spacial score (nSPS) is 10.8. The van der Waals surface area contributed by atoms with Crippen LogP contribution in [0.15, 0.2) is 46.9 Å². The zero-order valence-electron chi connectivity index (χ0n) is 11.8. The van der Waals surface area contributed by atoms with Gasteiger partial charge in [-0.2, -0.15) is 0 Å². The van der Waals surface area contributed by atoms with E-state index in [1.165, 1.54) is 11.1 Å². The maximum Gasteiger partial charge on any atom is 0.119 e. The van der Waals surface area contributed by atoms with Crippen LogP contribution in [0.2, 0.25) is 0 Å². The first-order valence-corrected chi connectivity index (χ1v) is 7.24. The summed E-state index contributed by atoms with van der Waals surface area (Å²) < 4.78 is 6.23. The summed E-state index contributed by atoms with van der Waals surface area (Å²) in [6.07, 6.45) is 0. The van der Waals surface area contributed by atoms with Crippen molar-refractivity contribution < 1.29 is 4.74 Å². The van der Waals surface area contributed by atoms with Gasteiger partial charge in [-0.15, -0.1) is 0 Å². The zero-order chi connectivity index (χ0) is 14.5. The molecule has 0 fully saturated rings. The number of nitrogens with two attached hydrogens (primary N) is 1. The summed E-state index contributed by atoms with van der Waals surface area (Å²) >= 11 is 3.55. The summed E-state index contributed by atoms with van der Waals surface area (Å²) in [5, 5.41) is 0. The van der Waals surface area contributed by atoms with E-state index in [2.05, 4.69) is 46.1 Å². The van der Waals surface area contributed by atoms with Crippen molar-refractivity contribution in [1.29, 1.82) is 0 Å². The Hall–Kier alpha value is -1.52. The van der Waals surface area contributed by atoms with Crippen molar-refractivity contribution >= 4 is 21.6 Å². The highest BCUT2D eigenvalue weighted by molar-refractivity contribution is 9.10. The Morgan fingerprint density at radius 1 is 1.15 bits per heavy atom. The van der Waals surface area contributed by atoms with Crippen LogP contribution >= 0.6 is 15.9 Å². The largest absolute Gasteiger partial charge is 0.497 e. The lowest BCUT2D eigenvalue weighted by Crippen LogP contribution is -2.17. The van der Waals surface area contributed by atoms with Crippen LogP contribution in [0.5, 0.6) is 5.75 Å². The first kappa shape index (κ1) is 14.9. The molecule has 106 valence electrons. The van der Waals surface area contributed by atoms with E-state index < -0.39 is 0 Å². The predicted octanol–water partition coefficient (Wildman–Crippen LogP) is 3.67. The van der Waals surface area contributed by atoms with Gasteiger partial charge in [0.15, 0.2) is 0 Å². The van der Waals surface area contributed by atoms with Gasteiger partial charge in [0.05, 0.1) is 7.11 Å². The predicted molar refractivity (Wildman–Crippen MR) is 86.7 cm³/mol. The van der Waals surface area contributed by atoms with Crippen LogP contribution in [0.3, 0.4) is 0 Å². The van der Waals surface area contributed by atoms with Gasteiger partial charge in [0.1, 0.15) is 5.75 Å². The van der Waals surface area contributed by atoms with Crippen molar-refractivity contribution in [3.05, 3.63) is 58.1 Å². The van der Waals surface area contributed by atoms with Gasteiger partial charge in [-0.1, -0.05) is 24.3 Å². The van der Waals surface area contributed by atoms with Crippen molar-refractivity contribution in [1.82, 2.24) is 4.90 Å². The standard InChI is InChI=1S/C16H19BrN2O/c1-19(10-12-5-3-7-14(9-12)20-2)11-13-6-4-8-15(18)16(13)17/h3-9H,10-11,18H2,1-2H3. The quantitative estimate of drug-likeness (QED) is 0.848. The van der Waals surface area contributed by atoms with E-state index in [9.17, 15) is 0 Å². The Bertz CT molecular complexity index is 586. The van der Waals surface area contributed by atoms with Crippen LogP contribution in [-0.4, -0.2) is 19.1 Å². The highest BCUT2D eigenvalue weighted by Crippen LogP contribution is 2.25. The van der Waals surface area contributed by atoms with Crippen LogP contribution in [0.4, 0.5) is 5.69 Å². The molecule has 2 aromatic carbocycles. The van der Waals surface area contributed by atoms with Gasteiger partial charge in [-0.05, 0) is 52.3 Å². The molecule has 0 atom stereocenters. The third-order valence-corrected chi connectivity index (χ3v) is 4.10. The molecule has 0 bridgehead atoms. The van der Waals surface area contributed by atoms with Crippen molar-refractivity contribution in [3.8, 4) is 5.75 Å². The van der Waals surface area contributed by atoms with Gasteiger partial charge < -0.3 is 10.5 Å². The minimum atomic E-state index is 0.775. The Balaban J connectivity index is 2.05. The monoisotopic (exact) mass is 334 g/mol. The maximum absolute atomic E-state index is 5.90. The molecule has 0 aliphatic heterocycles. The molecule has 20 heavy (non-hydrogen) atoms. The molecule has 0 saturated carbocycles. The molecule has 0 radical (unpaired) electrons.